The number of carbonyl (C=O) groups is 1. The number of nitriles is 1. The Morgan fingerprint density at radius 3 is 2.50 bits per heavy atom. The quantitative estimate of drug-likeness (QED) is 0.394. The molecule has 0 fully saturated rings. The van der Waals surface area contributed by atoms with Gasteiger partial charge in [-0.3, -0.25) is 0 Å². The zero-order chi connectivity index (χ0) is 18.5. The van der Waals surface area contributed by atoms with E-state index < -0.39 is 5.97 Å². The number of benzene rings is 2. The standard InChI is InChI=1S/C20H14ClN3O2/c1-26-20(25)15(12-22)11-16-13-24(18-5-3-2-4-6-18)23-19(16)14-7-9-17(21)10-8-14/h2-11,13H,1H3/b15-11+. The Labute approximate surface area is 155 Å². The lowest BCUT2D eigenvalue weighted by molar-refractivity contribution is -0.135. The van der Waals surface area contributed by atoms with Gasteiger partial charge in [0, 0.05) is 22.3 Å². The number of carbonyl (C=O) groups excluding carboxylic acids is 1. The maximum atomic E-state index is 11.8. The first-order chi connectivity index (χ1) is 12.6. The van der Waals surface area contributed by atoms with E-state index in [0.29, 0.717) is 16.3 Å². The molecule has 1 heterocycles. The van der Waals surface area contributed by atoms with E-state index in [4.69, 9.17) is 11.6 Å². The number of methoxy groups -OCH3 is 1. The van der Waals surface area contributed by atoms with Crippen molar-refractivity contribution in [3.63, 3.8) is 0 Å². The van der Waals surface area contributed by atoms with Crippen molar-refractivity contribution >= 4 is 23.6 Å². The van der Waals surface area contributed by atoms with Gasteiger partial charge >= 0.3 is 5.97 Å². The van der Waals surface area contributed by atoms with Crippen LogP contribution >= 0.6 is 11.6 Å². The first kappa shape index (κ1) is 17.5. The highest BCUT2D eigenvalue weighted by atomic mass is 35.5. The van der Waals surface area contributed by atoms with Crippen LogP contribution in [-0.4, -0.2) is 22.9 Å². The summed E-state index contributed by atoms with van der Waals surface area (Å²) in [4.78, 5) is 11.8. The average molecular weight is 364 g/mol. The number of ether oxygens (including phenoxy) is 1. The van der Waals surface area contributed by atoms with Crippen LogP contribution in [0.5, 0.6) is 0 Å². The van der Waals surface area contributed by atoms with Crippen molar-refractivity contribution in [2.45, 2.75) is 0 Å². The van der Waals surface area contributed by atoms with Crippen LogP contribution in [0.15, 0.2) is 66.4 Å². The number of aromatic nitrogens is 2. The molecular weight excluding hydrogens is 350 g/mol. The molecule has 0 unspecified atom stereocenters. The van der Waals surface area contributed by atoms with Gasteiger partial charge < -0.3 is 4.74 Å². The summed E-state index contributed by atoms with van der Waals surface area (Å²) in [5.41, 5.74) is 2.83. The van der Waals surface area contributed by atoms with Gasteiger partial charge in [0.15, 0.2) is 0 Å². The zero-order valence-corrected chi connectivity index (χ0v) is 14.6. The van der Waals surface area contributed by atoms with Crippen molar-refractivity contribution in [3.8, 4) is 23.0 Å². The molecule has 26 heavy (non-hydrogen) atoms. The van der Waals surface area contributed by atoms with Crippen LogP contribution < -0.4 is 0 Å². The summed E-state index contributed by atoms with van der Waals surface area (Å²) in [6.45, 7) is 0. The molecule has 0 amide bonds. The van der Waals surface area contributed by atoms with Gasteiger partial charge in [-0.15, -0.1) is 0 Å². The second-order valence-electron chi connectivity index (χ2n) is 5.38. The predicted octanol–water partition coefficient (Wildman–Crippen LogP) is 4.27. The van der Waals surface area contributed by atoms with Crippen LogP contribution in [0, 0.1) is 11.3 Å². The van der Waals surface area contributed by atoms with Gasteiger partial charge in [-0.2, -0.15) is 10.4 Å². The lowest BCUT2D eigenvalue weighted by Gasteiger charge is -2.01. The summed E-state index contributed by atoms with van der Waals surface area (Å²) >= 11 is 5.97. The molecule has 0 bridgehead atoms. The Morgan fingerprint density at radius 1 is 1.19 bits per heavy atom. The molecule has 0 N–H and O–H groups in total. The monoisotopic (exact) mass is 363 g/mol. The Balaban J connectivity index is 2.16. The molecule has 0 aliphatic heterocycles. The highest BCUT2D eigenvalue weighted by Gasteiger charge is 2.15. The van der Waals surface area contributed by atoms with E-state index in [9.17, 15) is 10.1 Å². The van der Waals surface area contributed by atoms with Gasteiger partial charge in [0.05, 0.1) is 18.5 Å². The highest BCUT2D eigenvalue weighted by molar-refractivity contribution is 6.30. The van der Waals surface area contributed by atoms with E-state index in [-0.39, 0.29) is 5.57 Å². The maximum absolute atomic E-state index is 11.8. The van der Waals surface area contributed by atoms with Gasteiger partial charge in [-0.05, 0) is 30.3 Å². The third-order valence-corrected chi connectivity index (χ3v) is 3.96. The molecule has 6 heteroatoms. The fourth-order valence-corrected chi connectivity index (χ4v) is 2.57. The van der Waals surface area contributed by atoms with Gasteiger partial charge in [0.25, 0.3) is 0 Å². The minimum Gasteiger partial charge on any atom is -0.465 e. The summed E-state index contributed by atoms with van der Waals surface area (Å²) in [5.74, 6) is -0.693. The first-order valence-corrected chi connectivity index (χ1v) is 8.11. The Bertz CT molecular complexity index is 1000. The Morgan fingerprint density at radius 2 is 1.88 bits per heavy atom. The normalized spacial score (nSPS) is 11.0. The predicted molar refractivity (Wildman–Crippen MR) is 99.6 cm³/mol. The fourth-order valence-electron chi connectivity index (χ4n) is 2.44. The molecule has 0 saturated carbocycles. The fraction of sp³-hybridized carbons (Fsp3) is 0.0500. The molecule has 0 spiro atoms. The number of para-hydroxylation sites is 1. The summed E-state index contributed by atoms with van der Waals surface area (Å²) in [6.07, 6.45) is 3.24. The lowest BCUT2D eigenvalue weighted by atomic mass is 10.1. The van der Waals surface area contributed by atoms with Gasteiger partial charge in [-0.1, -0.05) is 41.9 Å². The van der Waals surface area contributed by atoms with Gasteiger partial charge in [0.2, 0.25) is 0 Å². The molecule has 3 rings (SSSR count). The van der Waals surface area contributed by atoms with Crippen LogP contribution in [-0.2, 0) is 9.53 Å². The SMILES string of the molecule is COC(=O)/C(C#N)=C/c1cn(-c2ccccc2)nc1-c1ccc(Cl)cc1. The topological polar surface area (TPSA) is 67.9 Å². The molecule has 2 aromatic carbocycles. The summed E-state index contributed by atoms with van der Waals surface area (Å²) < 4.78 is 6.35. The van der Waals surface area contributed by atoms with Gasteiger partial charge in [0.1, 0.15) is 11.6 Å². The number of esters is 1. The van der Waals surface area contributed by atoms with Crippen molar-refractivity contribution in [2.75, 3.05) is 7.11 Å². The molecule has 0 atom stereocenters. The second kappa shape index (κ2) is 7.68. The molecule has 3 aromatic rings. The van der Waals surface area contributed by atoms with E-state index in [1.165, 1.54) is 13.2 Å². The minimum absolute atomic E-state index is 0.102. The lowest BCUT2D eigenvalue weighted by Crippen LogP contribution is -2.02. The van der Waals surface area contributed by atoms with Crippen molar-refractivity contribution < 1.29 is 9.53 Å². The number of nitrogens with zero attached hydrogens (tertiary/aromatic N) is 3. The van der Waals surface area contributed by atoms with E-state index in [0.717, 1.165) is 11.3 Å². The highest BCUT2D eigenvalue weighted by Crippen LogP contribution is 2.27. The minimum atomic E-state index is -0.693. The molecule has 5 nitrogen and oxygen atoms in total. The van der Waals surface area contributed by atoms with E-state index in [1.54, 1.807) is 23.0 Å². The second-order valence-corrected chi connectivity index (χ2v) is 5.82. The molecule has 0 aliphatic carbocycles. The van der Waals surface area contributed by atoms with E-state index in [1.807, 2.05) is 48.5 Å². The molecule has 0 aliphatic rings. The number of hydrogen-bond acceptors (Lipinski definition) is 4. The largest absolute Gasteiger partial charge is 0.465 e. The third kappa shape index (κ3) is 3.66. The number of hydrogen-bond donors (Lipinski definition) is 0. The number of rotatable bonds is 4. The summed E-state index contributed by atoms with van der Waals surface area (Å²) in [7, 11) is 1.24. The van der Waals surface area contributed by atoms with Gasteiger partial charge in [-0.25, -0.2) is 9.48 Å². The molecular formula is C20H14ClN3O2. The van der Waals surface area contributed by atoms with Crippen molar-refractivity contribution in [3.05, 3.63) is 77.0 Å². The third-order valence-electron chi connectivity index (χ3n) is 3.71. The zero-order valence-electron chi connectivity index (χ0n) is 13.9. The summed E-state index contributed by atoms with van der Waals surface area (Å²) in [5, 5.41) is 14.5. The molecule has 1 aromatic heterocycles. The van der Waals surface area contributed by atoms with Crippen LogP contribution in [0.4, 0.5) is 0 Å². The van der Waals surface area contributed by atoms with E-state index >= 15 is 0 Å². The molecule has 128 valence electrons. The van der Waals surface area contributed by atoms with Crippen molar-refractivity contribution in [2.24, 2.45) is 0 Å². The smallest absolute Gasteiger partial charge is 0.348 e. The van der Waals surface area contributed by atoms with Crippen LogP contribution in [0.1, 0.15) is 5.56 Å². The van der Waals surface area contributed by atoms with Crippen molar-refractivity contribution in [1.82, 2.24) is 9.78 Å². The van der Waals surface area contributed by atoms with Crippen LogP contribution in [0.2, 0.25) is 5.02 Å². The Hall–Kier alpha value is -3.36. The van der Waals surface area contributed by atoms with Crippen molar-refractivity contribution in [1.29, 1.82) is 5.26 Å². The van der Waals surface area contributed by atoms with Crippen LogP contribution in [0.25, 0.3) is 23.0 Å². The summed E-state index contributed by atoms with van der Waals surface area (Å²) in [6, 6.07) is 18.6. The van der Waals surface area contributed by atoms with Crippen LogP contribution in [0.3, 0.4) is 0 Å². The Kier molecular flexibility index (Phi) is 5.16. The maximum Gasteiger partial charge on any atom is 0.348 e. The molecule has 0 saturated heterocycles. The number of halogens is 1. The first-order valence-electron chi connectivity index (χ1n) is 7.73. The average Bonchev–Trinajstić information content (AvgIpc) is 3.10. The van der Waals surface area contributed by atoms with E-state index in [2.05, 4.69) is 9.84 Å². The molecule has 0 radical (unpaired) electrons.